The van der Waals surface area contributed by atoms with Gasteiger partial charge in [0.2, 0.25) is 0 Å². The van der Waals surface area contributed by atoms with Crippen molar-refractivity contribution in [2.45, 2.75) is 239 Å². The van der Waals surface area contributed by atoms with Crippen LogP contribution >= 0.6 is 0 Å². The molecule has 0 aliphatic carbocycles. The maximum atomic E-state index is 12.7. The minimum Gasteiger partial charge on any atom is -0.462 e. The molecule has 0 heterocycles. The Hall–Kier alpha value is -2.89. The summed E-state index contributed by atoms with van der Waals surface area (Å²) >= 11 is 0. The van der Waals surface area contributed by atoms with Gasteiger partial charge in [-0.05, 0) is 83.5 Å². The molecule has 0 aromatic carbocycles. The smallest absolute Gasteiger partial charge is 0.306 e. The van der Waals surface area contributed by atoms with Gasteiger partial charge in [-0.25, -0.2) is 0 Å². The number of carbonyl (C=O) groups excluding carboxylic acids is 3. The van der Waals surface area contributed by atoms with Crippen LogP contribution in [0.5, 0.6) is 0 Å². The Morgan fingerprint density at radius 3 is 1.10 bits per heavy atom. The lowest BCUT2D eigenvalue weighted by molar-refractivity contribution is -0.167. The summed E-state index contributed by atoms with van der Waals surface area (Å²) in [5.41, 5.74) is 0. The van der Waals surface area contributed by atoms with Crippen LogP contribution < -0.4 is 0 Å². The predicted molar refractivity (Wildman–Crippen MR) is 247 cm³/mol. The monoisotopic (exact) mass is 811 g/mol. The second-order valence-electron chi connectivity index (χ2n) is 16.0. The molecule has 0 aromatic heterocycles. The summed E-state index contributed by atoms with van der Waals surface area (Å²) in [6.07, 6.45) is 56.4. The molecule has 0 spiro atoms. The number of esters is 3. The number of carbonyl (C=O) groups is 3. The molecule has 0 bridgehead atoms. The van der Waals surface area contributed by atoms with Crippen molar-refractivity contribution in [2.24, 2.45) is 0 Å². The molecule has 0 saturated heterocycles. The van der Waals surface area contributed by atoms with Gasteiger partial charge in [0.05, 0.1) is 0 Å². The van der Waals surface area contributed by atoms with E-state index in [0.29, 0.717) is 19.3 Å². The van der Waals surface area contributed by atoms with Crippen LogP contribution in [-0.2, 0) is 28.6 Å². The van der Waals surface area contributed by atoms with Crippen molar-refractivity contribution < 1.29 is 28.6 Å². The highest BCUT2D eigenvalue weighted by Gasteiger charge is 2.19. The summed E-state index contributed by atoms with van der Waals surface area (Å²) in [5, 5.41) is 0. The number of unbranched alkanes of at least 4 members (excludes halogenated alkanes) is 22. The average molecular weight is 811 g/mol. The highest BCUT2D eigenvalue weighted by Crippen LogP contribution is 2.13. The number of ether oxygens (including phenoxy) is 3. The van der Waals surface area contributed by atoms with Gasteiger partial charge < -0.3 is 14.2 Å². The number of hydrogen-bond donors (Lipinski definition) is 0. The van der Waals surface area contributed by atoms with E-state index in [2.05, 4.69) is 81.5 Å². The Balaban J connectivity index is 4.47. The fourth-order valence-electron chi connectivity index (χ4n) is 6.55. The third kappa shape index (κ3) is 44.2. The van der Waals surface area contributed by atoms with Crippen LogP contribution in [-0.4, -0.2) is 37.2 Å². The lowest BCUT2D eigenvalue weighted by Crippen LogP contribution is -2.30. The first-order valence-electron chi connectivity index (χ1n) is 24.3. The molecule has 6 nitrogen and oxygen atoms in total. The van der Waals surface area contributed by atoms with Crippen LogP contribution in [0.25, 0.3) is 0 Å². The van der Waals surface area contributed by atoms with Gasteiger partial charge in [0, 0.05) is 19.3 Å². The Morgan fingerprint density at radius 2 is 0.638 bits per heavy atom. The minimum atomic E-state index is -0.799. The molecule has 0 saturated carbocycles. The summed E-state index contributed by atoms with van der Waals surface area (Å²) in [6.45, 7) is 6.52. The van der Waals surface area contributed by atoms with Crippen LogP contribution in [0.1, 0.15) is 233 Å². The number of allylic oxidation sites excluding steroid dienone is 10. The predicted octanol–water partition coefficient (Wildman–Crippen LogP) is 15.7. The van der Waals surface area contributed by atoms with E-state index in [9.17, 15) is 14.4 Å². The molecule has 0 radical (unpaired) electrons. The Morgan fingerprint density at radius 1 is 0.345 bits per heavy atom. The highest BCUT2D eigenvalue weighted by molar-refractivity contribution is 5.71. The second-order valence-corrected chi connectivity index (χ2v) is 16.0. The van der Waals surface area contributed by atoms with E-state index in [1.54, 1.807) is 0 Å². The lowest BCUT2D eigenvalue weighted by Gasteiger charge is -2.18. The van der Waals surface area contributed by atoms with Gasteiger partial charge >= 0.3 is 17.9 Å². The van der Waals surface area contributed by atoms with Crippen LogP contribution in [0, 0.1) is 0 Å². The van der Waals surface area contributed by atoms with Gasteiger partial charge in [0.1, 0.15) is 13.2 Å². The van der Waals surface area contributed by atoms with Gasteiger partial charge in [0.15, 0.2) is 6.10 Å². The summed E-state index contributed by atoms with van der Waals surface area (Å²) < 4.78 is 16.7. The van der Waals surface area contributed by atoms with E-state index >= 15 is 0 Å². The minimum absolute atomic E-state index is 0.0960. The fraction of sp³-hybridized carbons (Fsp3) is 0.750. The molecule has 0 aliphatic heterocycles. The molecule has 58 heavy (non-hydrogen) atoms. The van der Waals surface area contributed by atoms with E-state index in [-0.39, 0.29) is 37.5 Å². The molecule has 6 heteroatoms. The van der Waals surface area contributed by atoms with Gasteiger partial charge in [-0.2, -0.15) is 0 Å². The van der Waals surface area contributed by atoms with E-state index in [1.807, 2.05) is 0 Å². The van der Waals surface area contributed by atoms with Crippen molar-refractivity contribution in [1.29, 1.82) is 0 Å². The summed E-state index contributed by atoms with van der Waals surface area (Å²) in [7, 11) is 0. The summed E-state index contributed by atoms with van der Waals surface area (Å²) in [6, 6.07) is 0. The first kappa shape index (κ1) is 55.1. The quantitative estimate of drug-likeness (QED) is 0.0264. The highest BCUT2D eigenvalue weighted by atomic mass is 16.6. The molecule has 0 rings (SSSR count). The zero-order valence-electron chi connectivity index (χ0n) is 38.0. The van der Waals surface area contributed by atoms with Gasteiger partial charge in [0.25, 0.3) is 0 Å². The van der Waals surface area contributed by atoms with Crippen LogP contribution in [0.2, 0.25) is 0 Å². The van der Waals surface area contributed by atoms with E-state index in [4.69, 9.17) is 14.2 Å². The Bertz CT molecular complexity index is 1070. The molecule has 1 atom stereocenters. The average Bonchev–Trinajstić information content (AvgIpc) is 3.22. The third-order valence-electron chi connectivity index (χ3n) is 10.2. The number of rotatable bonds is 43. The van der Waals surface area contributed by atoms with E-state index in [0.717, 1.165) is 77.0 Å². The second kappa shape index (κ2) is 46.8. The van der Waals surface area contributed by atoms with Crippen molar-refractivity contribution in [2.75, 3.05) is 13.2 Å². The third-order valence-corrected chi connectivity index (χ3v) is 10.2. The summed E-state index contributed by atoms with van der Waals surface area (Å²) in [4.78, 5) is 37.8. The Labute approximate surface area is 358 Å². The molecule has 0 fully saturated rings. The van der Waals surface area contributed by atoms with Gasteiger partial charge in [-0.15, -0.1) is 0 Å². The molecular formula is C52H90O6. The number of hydrogen-bond acceptors (Lipinski definition) is 6. The lowest BCUT2D eigenvalue weighted by atomic mass is 10.1. The largest absolute Gasteiger partial charge is 0.462 e. The molecule has 1 unspecified atom stereocenters. The van der Waals surface area contributed by atoms with Crippen LogP contribution in [0.4, 0.5) is 0 Å². The van der Waals surface area contributed by atoms with E-state index in [1.165, 1.54) is 109 Å². The van der Waals surface area contributed by atoms with Crippen molar-refractivity contribution in [3.8, 4) is 0 Å². The standard InChI is InChI=1S/C52H90O6/c1-4-7-10-13-16-19-22-24-25-26-27-29-30-33-36-39-42-45-51(54)57-48-49(47-56-50(53)44-41-38-35-32-21-18-15-12-9-6-3)58-52(55)46-43-40-37-34-31-28-23-20-17-14-11-8-5-2/h16,19,24-25,27-29,31,33,36,49H,4-15,17-18,20-23,26,30,32,34-35,37-48H2,1-3H3/b19-16-,25-24-,29-27-,31-28-,36-33-. The van der Waals surface area contributed by atoms with Gasteiger partial charge in [-0.1, -0.05) is 191 Å². The van der Waals surface area contributed by atoms with Crippen molar-refractivity contribution >= 4 is 17.9 Å². The van der Waals surface area contributed by atoms with E-state index < -0.39 is 6.10 Å². The maximum Gasteiger partial charge on any atom is 0.306 e. The van der Waals surface area contributed by atoms with Crippen molar-refractivity contribution in [3.05, 3.63) is 60.8 Å². The van der Waals surface area contributed by atoms with Crippen molar-refractivity contribution in [3.63, 3.8) is 0 Å². The van der Waals surface area contributed by atoms with Crippen LogP contribution in [0.15, 0.2) is 60.8 Å². The normalized spacial score (nSPS) is 12.5. The molecule has 0 N–H and O–H groups in total. The van der Waals surface area contributed by atoms with Gasteiger partial charge in [-0.3, -0.25) is 14.4 Å². The topological polar surface area (TPSA) is 78.9 Å². The molecule has 0 amide bonds. The maximum absolute atomic E-state index is 12.7. The molecular weight excluding hydrogens is 721 g/mol. The summed E-state index contributed by atoms with van der Waals surface area (Å²) in [5.74, 6) is -0.973. The van der Waals surface area contributed by atoms with Crippen molar-refractivity contribution in [1.82, 2.24) is 0 Å². The fourth-order valence-corrected chi connectivity index (χ4v) is 6.55. The Kier molecular flexibility index (Phi) is 44.5. The zero-order valence-corrected chi connectivity index (χ0v) is 38.0. The molecule has 334 valence electrons. The first-order valence-corrected chi connectivity index (χ1v) is 24.3. The van der Waals surface area contributed by atoms with Crippen LogP contribution in [0.3, 0.4) is 0 Å². The zero-order chi connectivity index (χ0) is 42.3. The molecule has 0 aliphatic rings. The molecule has 0 aromatic rings. The SMILES string of the molecule is CCCCC/C=C\C/C=C\C/C=C\C/C=C\CCCC(=O)OCC(COC(=O)CCCCCCCCCCCC)OC(=O)CCCCC/C=C\CCCCCCCC. The first-order chi connectivity index (χ1) is 28.5.